The molecule has 1 amide bonds. The van der Waals surface area contributed by atoms with Crippen molar-refractivity contribution in [3.8, 4) is 5.75 Å². The lowest BCUT2D eigenvalue weighted by atomic mass is 9.79. The van der Waals surface area contributed by atoms with E-state index in [0.717, 1.165) is 29.9 Å². The molecule has 4 nitrogen and oxygen atoms in total. The second kappa shape index (κ2) is 9.40. The third-order valence-electron chi connectivity index (χ3n) is 5.70. The zero-order valence-corrected chi connectivity index (χ0v) is 20.2. The van der Waals surface area contributed by atoms with Gasteiger partial charge >= 0.3 is 0 Å². The SMILES string of the molecule is O=C(COc1ccc(Cl)cc1Cl)N1N=C2/C(=C\c3cccs3)CCCC2C1c1cccs1. The normalized spacial score (nSPS) is 21.5. The largest absolute Gasteiger partial charge is 0.482 e. The standard InChI is InChI=1S/C24H20Cl2N2O2S2/c25-16-8-9-20(19(26)13-16)30-14-22(29)28-24(21-7-3-11-32-21)18-6-1-4-15(23(18)27-28)12-17-5-2-10-31-17/h2-3,5,7-13,18,24H,1,4,6,14H2/b15-12-. The van der Waals surface area contributed by atoms with Gasteiger partial charge in [0.2, 0.25) is 0 Å². The van der Waals surface area contributed by atoms with Crippen LogP contribution in [0.3, 0.4) is 0 Å². The molecule has 3 heterocycles. The number of halogens is 2. The van der Waals surface area contributed by atoms with Gasteiger partial charge in [-0.2, -0.15) is 5.10 Å². The Hall–Kier alpha value is -2.12. The molecular formula is C24H20Cl2N2O2S2. The number of carbonyl (C=O) groups is 1. The molecule has 5 rings (SSSR count). The third-order valence-corrected chi connectivity index (χ3v) is 7.99. The number of nitrogens with zero attached hydrogens (tertiary/aromatic N) is 2. The maximum absolute atomic E-state index is 13.3. The van der Waals surface area contributed by atoms with Gasteiger partial charge in [-0.3, -0.25) is 4.79 Å². The first-order chi connectivity index (χ1) is 15.6. The number of hydrogen-bond acceptors (Lipinski definition) is 5. The highest BCUT2D eigenvalue weighted by atomic mass is 35.5. The van der Waals surface area contributed by atoms with E-state index < -0.39 is 0 Å². The zero-order valence-electron chi connectivity index (χ0n) is 17.0. The number of allylic oxidation sites excluding steroid dienone is 1. The number of hydrogen-bond donors (Lipinski definition) is 0. The summed E-state index contributed by atoms with van der Waals surface area (Å²) in [4.78, 5) is 15.6. The molecule has 8 heteroatoms. The summed E-state index contributed by atoms with van der Waals surface area (Å²) in [6.07, 6.45) is 5.29. The molecular weight excluding hydrogens is 483 g/mol. The molecule has 164 valence electrons. The average molecular weight is 503 g/mol. The minimum atomic E-state index is -0.188. The van der Waals surface area contributed by atoms with E-state index in [0.29, 0.717) is 15.8 Å². The number of thiophene rings is 2. The van der Waals surface area contributed by atoms with Crippen molar-refractivity contribution in [2.24, 2.45) is 11.0 Å². The van der Waals surface area contributed by atoms with Crippen LogP contribution in [0.2, 0.25) is 10.0 Å². The molecule has 0 spiro atoms. The number of ether oxygens (including phenoxy) is 1. The van der Waals surface area contributed by atoms with Crippen molar-refractivity contribution in [2.75, 3.05) is 6.61 Å². The second-order valence-corrected chi connectivity index (χ2v) is 10.5. The van der Waals surface area contributed by atoms with Crippen LogP contribution in [0.5, 0.6) is 5.75 Å². The molecule has 1 saturated carbocycles. The Morgan fingerprint density at radius 1 is 1.19 bits per heavy atom. The lowest BCUT2D eigenvalue weighted by molar-refractivity contribution is -0.135. The van der Waals surface area contributed by atoms with Crippen LogP contribution in [0, 0.1) is 5.92 Å². The number of carbonyl (C=O) groups excluding carboxylic acids is 1. The molecule has 0 bridgehead atoms. The molecule has 1 aliphatic heterocycles. The molecule has 2 unspecified atom stereocenters. The van der Waals surface area contributed by atoms with Gasteiger partial charge < -0.3 is 4.74 Å². The number of hydrazone groups is 1. The fourth-order valence-corrected chi connectivity index (χ4v) is 6.31. The molecule has 2 aliphatic rings. The first-order valence-electron chi connectivity index (χ1n) is 10.4. The highest BCUT2D eigenvalue weighted by Gasteiger charge is 2.44. The Bertz CT molecular complexity index is 1170. The number of fused-ring (bicyclic) bond motifs is 1. The average Bonchev–Trinajstić information content (AvgIpc) is 3.53. The number of benzene rings is 1. The van der Waals surface area contributed by atoms with Crippen LogP contribution in [-0.2, 0) is 4.79 Å². The molecule has 0 saturated heterocycles. The van der Waals surface area contributed by atoms with Gasteiger partial charge in [-0.15, -0.1) is 22.7 Å². The van der Waals surface area contributed by atoms with Crippen molar-refractivity contribution >= 4 is 63.6 Å². The number of rotatable bonds is 5. The molecule has 0 N–H and O–H groups in total. The van der Waals surface area contributed by atoms with Crippen LogP contribution in [0.4, 0.5) is 0 Å². The summed E-state index contributed by atoms with van der Waals surface area (Å²) < 4.78 is 5.74. The predicted octanol–water partition coefficient (Wildman–Crippen LogP) is 7.32. The minimum absolute atomic E-state index is 0.103. The molecule has 1 aromatic carbocycles. The van der Waals surface area contributed by atoms with Gasteiger partial charge in [-0.25, -0.2) is 5.01 Å². The molecule has 1 fully saturated rings. The summed E-state index contributed by atoms with van der Waals surface area (Å²) >= 11 is 15.5. The van der Waals surface area contributed by atoms with Crippen LogP contribution >= 0.6 is 45.9 Å². The topological polar surface area (TPSA) is 41.9 Å². The Balaban J connectivity index is 1.43. The molecule has 3 aromatic rings. The highest BCUT2D eigenvalue weighted by molar-refractivity contribution is 7.11. The Morgan fingerprint density at radius 3 is 2.78 bits per heavy atom. The van der Waals surface area contributed by atoms with Crippen molar-refractivity contribution in [3.05, 3.63) is 78.6 Å². The maximum atomic E-state index is 13.3. The van der Waals surface area contributed by atoms with Crippen molar-refractivity contribution in [3.63, 3.8) is 0 Å². The fourth-order valence-electron chi connectivity index (χ4n) is 4.29. The third kappa shape index (κ3) is 4.37. The summed E-state index contributed by atoms with van der Waals surface area (Å²) in [5.74, 6) is 0.433. The van der Waals surface area contributed by atoms with E-state index in [1.54, 1.807) is 45.9 Å². The molecule has 32 heavy (non-hydrogen) atoms. The van der Waals surface area contributed by atoms with Gasteiger partial charge in [0.15, 0.2) is 6.61 Å². The van der Waals surface area contributed by atoms with E-state index in [-0.39, 0.29) is 24.5 Å². The smallest absolute Gasteiger partial charge is 0.281 e. The predicted molar refractivity (Wildman–Crippen MR) is 133 cm³/mol. The van der Waals surface area contributed by atoms with Crippen molar-refractivity contribution in [1.29, 1.82) is 0 Å². The molecule has 2 aromatic heterocycles. The fraction of sp³-hybridized carbons (Fsp3) is 0.250. The van der Waals surface area contributed by atoms with Gasteiger partial charge in [-0.1, -0.05) is 35.3 Å². The summed E-state index contributed by atoms with van der Waals surface area (Å²) in [6.45, 7) is -0.142. The summed E-state index contributed by atoms with van der Waals surface area (Å²) in [6, 6.07) is 13.1. The first kappa shape index (κ1) is 21.7. The first-order valence-corrected chi connectivity index (χ1v) is 12.9. The second-order valence-electron chi connectivity index (χ2n) is 7.73. The zero-order chi connectivity index (χ0) is 22.1. The van der Waals surface area contributed by atoms with Crippen LogP contribution in [0.25, 0.3) is 6.08 Å². The Morgan fingerprint density at radius 2 is 2.03 bits per heavy atom. The summed E-state index contributed by atoms with van der Waals surface area (Å²) in [5.41, 5.74) is 2.25. The van der Waals surface area contributed by atoms with Gasteiger partial charge in [0.1, 0.15) is 5.75 Å². The highest BCUT2D eigenvalue weighted by Crippen LogP contribution is 2.45. The summed E-state index contributed by atoms with van der Waals surface area (Å²) in [5, 5.41) is 11.5. The molecule has 0 radical (unpaired) electrons. The lowest BCUT2D eigenvalue weighted by Crippen LogP contribution is -2.34. The Kier molecular flexibility index (Phi) is 6.37. The quantitative estimate of drug-likeness (QED) is 0.366. The van der Waals surface area contributed by atoms with Crippen LogP contribution < -0.4 is 4.74 Å². The van der Waals surface area contributed by atoms with E-state index in [4.69, 9.17) is 33.0 Å². The summed E-state index contributed by atoms with van der Waals surface area (Å²) in [7, 11) is 0. The lowest BCUT2D eigenvalue weighted by Gasteiger charge is -2.28. The van der Waals surface area contributed by atoms with E-state index >= 15 is 0 Å². The van der Waals surface area contributed by atoms with Gasteiger partial charge in [0.25, 0.3) is 5.91 Å². The van der Waals surface area contributed by atoms with Crippen LogP contribution in [0.15, 0.2) is 63.9 Å². The van der Waals surface area contributed by atoms with E-state index in [9.17, 15) is 4.79 Å². The molecule has 2 atom stereocenters. The monoisotopic (exact) mass is 502 g/mol. The number of amides is 1. The van der Waals surface area contributed by atoms with Gasteiger partial charge in [0, 0.05) is 20.7 Å². The van der Waals surface area contributed by atoms with Crippen LogP contribution in [0.1, 0.15) is 35.1 Å². The van der Waals surface area contributed by atoms with E-state index in [2.05, 4.69) is 29.7 Å². The minimum Gasteiger partial charge on any atom is -0.482 e. The van der Waals surface area contributed by atoms with Crippen molar-refractivity contribution < 1.29 is 9.53 Å². The van der Waals surface area contributed by atoms with Crippen molar-refractivity contribution in [1.82, 2.24) is 5.01 Å². The molecule has 1 aliphatic carbocycles. The van der Waals surface area contributed by atoms with E-state index in [1.807, 2.05) is 11.4 Å². The van der Waals surface area contributed by atoms with Crippen molar-refractivity contribution in [2.45, 2.75) is 25.3 Å². The maximum Gasteiger partial charge on any atom is 0.281 e. The van der Waals surface area contributed by atoms with Crippen LogP contribution in [-0.4, -0.2) is 23.2 Å². The van der Waals surface area contributed by atoms with E-state index in [1.165, 1.54) is 10.5 Å². The van der Waals surface area contributed by atoms with Gasteiger partial charge in [0.05, 0.1) is 16.8 Å². The Labute approximate surface area is 204 Å². The van der Waals surface area contributed by atoms with Gasteiger partial charge in [-0.05, 0) is 72.0 Å².